The molecule has 106 valence electrons. The fraction of sp³-hybridized carbons (Fsp3) is 0. The smallest absolute Gasteiger partial charge is 0.132 e. The number of hydrogen-bond acceptors (Lipinski definition) is 2. The van der Waals surface area contributed by atoms with E-state index in [1.807, 2.05) is 6.07 Å². The lowest BCUT2D eigenvalue weighted by molar-refractivity contribution is 0.630. The van der Waals surface area contributed by atoms with E-state index in [1.54, 1.807) is 36.4 Å². The maximum atomic E-state index is 13.9. The van der Waals surface area contributed by atoms with Gasteiger partial charge in [0.1, 0.15) is 11.6 Å². The molecule has 0 N–H and O–H groups in total. The summed E-state index contributed by atoms with van der Waals surface area (Å²) in [5.74, 6) is -0.850. The molecule has 2 nitrogen and oxygen atoms in total. The maximum absolute atomic E-state index is 13.9. The normalized spacial score (nSPS) is 10.2. The zero-order valence-electron chi connectivity index (χ0n) is 11.4. The van der Waals surface area contributed by atoms with E-state index < -0.39 is 11.6 Å². The maximum Gasteiger partial charge on any atom is 0.132 e. The van der Waals surface area contributed by atoms with Crippen molar-refractivity contribution < 1.29 is 8.78 Å². The number of hydrogen-bond donors (Lipinski definition) is 0. The molecule has 22 heavy (non-hydrogen) atoms. The van der Waals surface area contributed by atoms with Crippen LogP contribution in [0.3, 0.4) is 0 Å². The van der Waals surface area contributed by atoms with Crippen molar-refractivity contribution in [3.63, 3.8) is 0 Å². The third kappa shape index (κ3) is 2.45. The molecule has 0 unspecified atom stereocenters. The summed E-state index contributed by atoms with van der Waals surface area (Å²) in [6.07, 6.45) is 1.40. The van der Waals surface area contributed by atoms with Gasteiger partial charge in [-0.3, -0.25) is 4.98 Å². The molecule has 0 aliphatic rings. The van der Waals surface area contributed by atoms with Crippen LogP contribution < -0.4 is 0 Å². The zero-order chi connectivity index (χ0) is 15.5. The highest BCUT2D eigenvalue weighted by molar-refractivity contribution is 5.73. The Labute approximate surface area is 126 Å². The molecule has 0 saturated heterocycles. The van der Waals surface area contributed by atoms with E-state index in [0.717, 1.165) is 0 Å². The number of nitriles is 1. The largest absolute Gasteiger partial charge is 0.255 e. The Balaban J connectivity index is 2.16. The van der Waals surface area contributed by atoms with Crippen LogP contribution in [0.5, 0.6) is 0 Å². The molecule has 1 aromatic heterocycles. The van der Waals surface area contributed by atoms with Crippen molar-refractivity contribution in [1.29, 1.82) is 5.26 Å². The molecular formula is C18H10F2N2. The second-order valence-corrected chi connectivity index (χ2v) is 4.69. The number of nitrogens with zero attached hydrogens (tertiary/aromatic N) is 2. The van der Waals surface area contributed by atoms with Crippen molar-refractivity contribution in [2.75, 3.05) is 0 Å². The standard InChI is InChI=1S/C18H10F2N2/c19-16-7-3-1-5-13(16)15-11-22-18(9-12(15)10-21)14-6-2-4-8-17(14)20/h1-9,11H. The first-order chi connectivity index (χ1) is 10.7. The third-order valence-electron chi connectivity index (χ3n) is 3.34. The van der Waals surface area contributed by atoms with Crippen LogP contribution >= 0.6 is 0 Å². The van der Waals surface area contributed by atoms with E-state index in [2.05, 4.69) is 4.98 Å². The highest BCUT2D eigenvalue weighted by Gasteiger charge is 2.13. The van der Waals surface area contributed by atoms with Gasteiger partial charge in [-0.1, -0.05) is 30.3 Å². The average Bonchev–Trinajstić information content (AvgIpc) is 2.55. The first-order valence-electron chi connectivity index (χ1n) is 6.60. The molecule has 4 heteroatoms. The van der Waals surface area contributed by atoms with Crippen LogP contribution in [0.4, 0.5) is 8.78 Å². The summed E-state index contributed by atoms with van der Waals surface area (Å²) in [6, 6.07) is 15.8. The molecule has 0 spiro atoms. The number of benzene rings is 2. The minimum Gasteiger partial charge on any atom is -0.255 e. The van der Waals surface area contributed by atoms with Gasteiger partial charge in [0.25, 0.3) is 0 Å². The summed E-state index contributed by atoms with van der Waals surface area (Å²) in [6.45, 7) is 0. The first-order valence-corrected chi connectivity index (χ1v) is 6.60. The predicted molar refractivity (Wildman–Crippen MR) is 79.7 cm³/mol. The van der Waals surface area contributed by atoms with Gasteiger partial charge in [0.15, 0.2) is 0 Å². The van der Waals surface area contributed by atoms with Gasteiger partial charge in [-0.25, -0.2) is 8.78 Å². The Morgan fingerprint density at radius 3 is 2.00 bits per heavy atom. The Kier molecular flexibility index (Phi) is 3.63. The molecule has 0 bridgehead atoms. The van der Waals surface area contributed by atoms with Crippen LogP contribution in [0.1, 0.15) is 5.56 Å². The third-order valence-corrected chi connectivity index (χ3v) is 3.34. The van der Waals surface area contributed by atoms with Gasteiger partial charge >= 0.3 is 0 Å². The SMILES string of the molecule is N#Cc1cc(-c2ccccc2F)ncc1-c1ccccc1F. The molecule has 2 aromatic carbocycles. The lowest BCUT2D eigenvalue weighted by Gasteiger charge is -2.08. The van der Waals surface area contributed by atoms with E-state index >= 15 is 0 Å². The summed E-state index contributed by atoms with van der Waals surface area (Å²) in [5.41, 5.74) is 1.58. The van der Waals surface area contributed by atoms with Crippen LogP contribution in [-0.2, 0) is 0 Å². The van der Waals surface area contributed by atoms with Crippen molar-refractivity contribution >= 4 is 0 Å². The van der Waals surface area contributed by atoms with Gasteiger partial charge in [-0.2, -0.15) is 5.26 Å². The number of halogens is 2. The quantitative estimate of drug-likeness (QED) is 0.694. The van der Waals surface area contributed by atoms with Crippen molar-refractivity contribution in [2.45, 2.75) is 0 Å². The van der Waals surface area contributed by atoms with Crippen LogP contribution in [0.15, 0.2) is 60.8 Å². The Bertz CT molecular complexity index is 882. The first kappa shape index (κ1) is 13.9. The second-order valence-electron chi connectivity index (χ2n) is 4.69. The van der Waals surface area contributed by atoms with Crippen LogP contribution in [0, 0.1) is 23.0 Å². The fourth-order valence-corrected chi connectivity index (χ4v) is 2.26. The summed E-state index contributed by atoms with van der Waals surface area (Å²) >= 11 is 0. The Morgan fingerprint density at radius 1 is 0.818 bits per heavy atom. The molecule has 1 heterocycles. The van der Waals surface area contributed by atoms with Crippen molar-refractivity contribution in [1.82, 2.24) is 4.98 Å². The predicted octanol–water partition coefficient (Wildman–Crippen LogP) is 4.57. The Hall–Kier alpha value is -3.06. The molecule has 3 rings (SSSR count). The van der Waals surface area contributed by atoms with Gasteiger partial charge in [0, 0.05) is 22.9 Å². The van der Waals surface area contributed by atoms with Gasteiger partial charge < -0.3 is 0 Å². The van der Waals surface area contributed by atoms with E-state index in [9.17, 15) is 14.0 Å². The summed E-state index contributed by atoms with van der Waals surface area (Å²) in [4.78, 5) is 4.18. The lowest BCUT2D eigenvalue weighted by Crippen LogP contribution is -1.94. The van der Waals surface area contributed by atoms with E-state index in [1.165, 1.54) is 24.4 Å². The van der Waals surface area contributed by atoms with E-state index in [0.29, 0.717) is 22.4 Å². The molecule has 0 atom stereocenters. The highest BCUT2D eigenvalue weighted by atomic mass is 19.1. The van der Waals surface area contributed by atoms with Gasteiger partial charge in [0.05, 0.1) is 17.3 Å². The minimum atomic E-state index is -0.431. The van der Waals surface area contributed by atoms with Crippen LogP contribution in [0.25, 0.3) is 22.4 Å². The Morgan fingerprint density at radius 2 is 1.41 bits per heavy atom. The number of aromatic nitrogens is 1. The van der Waals surface area contributed by atoms with Gasteiger partial charge in [-0.05, 0) is 24.3 Å². The molecule has 0 fully saturated rings. The minimum absolute atomic E-state index is 0.248. The average molecular weight is 292 g/mol. The molecule has 0 saturated carbocycles. The van der Waals surface area contributed by atoms with E-state index in [-0.39, 0.29) is 5.56 Å². The van der Waals surface area contributed by atoms with Gasteiger partial charge in [0.2, 0.25) is 0 Å². The number of rotatable bonds is 2. The molecule has 0 amide bonds. The molecule has 3 aromatic rings. The molecule has 0 radical (unpaired) electrons. The fourth-order valence-electron chi connectivity index (χ4n) is 2.26. The molecule has 0 aliphatic carbocycles. The van der Waals surface area contributed by atoms with E-state index in [4.69, 9.17) is 0 Å². The van der Waals surface area contributed by atoms with Crippen molar-refractivity contribution in [3.05, 3.63) is 78.0 Å². The zero-order valence-corrected chi connectivity index (χ0v) is 11.4. The summed E-state index contributed by atoms with van der Waals surface area (Å²) in [7, 11) is 0. The second kappa shape index (κ2) is 5.74. The topological polar surface area (TPSA) is 36.7 Å². The summed E-state index contributed by atoms with van der Waals surface area (Å²) < 4.78 is 27.7. The monoisotopic (exact) mass is 292 g/mol. The van der Waals surface area contributed by atoms with Crippen LogP contribution in [0.2, 0.25) is 0 Å². The van der Waals surface area contributed by atoms with Crippen molar-refractivity contribution in [3.8, 4) is 28.5 Å². The highest BCUT2D eigenvalue weighted by Crippen LogP contribution is 2.29. The van der Waals surface area contributed by atoms with Gasteiger partial charge in [-0.15, -0.1) is 0 Å². The lowest BCUT2D eigenvalue weighted by atomic mass is 10.00. The van der Waals surface area contributed by atoms with Crippen molar-refractivity contribution in [2.24, 2.45) is 0 Å². The number of pyridine rings is 1. The summed E-state index contributed by atoms with van der Waals surface area (Å²) in [5, 5.41) is 9.32. The molecule has 0 aliphatic heterocycles. The van der Waals surface area contributed by atoms with Crippen LogP contribution in [-0.4, -0.2) is 4.98 Å². The molecular weight excluding hydrogens is 282 g/mol.